The van der Waals surface area contributed by atoms with Crippen molar-refractivity contribution in [1.82, 2.24) is 18.9 Å². The third kappa shape index (κ3) is 2.91. The zero-order valence-corrected chi connectivity index (χ0v) is 12.6. The van der Waals surface area contributed by atoms with Crippen molar-refractivity contribution in [2.45, 2.75) is 39.3 Å². The molecular weight excluding hydrogens is 270 g/mol. The van der Waals surface area contributed by atoms with Gasteiger partial charge in [0.15, 0.2) is 0 Å². The molecule has 0 unspecified atom stereocenters. The van der Waals surface area contributed by atoms with Crippen LogP contribution in [0.15, 0.2) is 28.0 Å². The maximum atomic E-state index is 12.0. The summed E-state index contributed by atoms with van der Waals surface area (Å²) in [5.74, 6) is 0. The zero-order valence-electron chi connectivity index (χ0n) is 12.6. The smallest absolute Gasteiger partial charge is 0.331 e. The molecule has 7 heteroatoms. The molecule has 7 nitrogen and oxygen atoms in total. The molecule has 2 aromatic rings. The second-order valence-electron chi connectivity index (χ2n) is 5.13. The van der Waals surface area contributed by atoms with Crippen LogP contribution in [0.5, 0.6) is 0 Å². The lowest BCUT2D eigenvalue weighted by molar-refractivity contribution is 0.424. The Kier molecular flexibility index (Phi) is 4.30. The van der Waals surface area contributed by atoms with Gasteiger partial charge in [-0.1, -0.05) is 13.8 Å². The van der Waals surface area contributed by atoms with Crippen molar-refractivity contribution >= 4 is 5.69 Å². The van der Waals surface area contributed by atoms with Crippen LogP contribution in [-0.2, 0) is 13.6 Å². The Morgan fingerprint density at radius 1 is 1.29 bits per heavy atom. The Morgan fingerprint density at radius 2 is 1.95 bits per heavy atom. The molecule has 0 atom stereocenters. The third-order valence-electron chi connectivity index (χ3n) is 3.66. The van der Waals surface area contributed by atoms with Crippen LogP contribution in [0.1, 0.15) is 38.4 Å². The third-order valence-corrected chi connectivity index (χ3v) is 3.66. The van der Waals surface area contributed by atoms with E-state index in [0.717, 1.165) is 17.4 Å². The van der Waals surface area contributed by atoms with Crippen molar-refractivity contribution in [2.24, 2.45) is 7.05 Å². The van der Waals surface area contributed by atoms with Gasteiger partial charge in [0.05, 0.1) is 18.3 Å². The number of nitrogen functional groups attached to an aromatic ring is 1. The molecule has 0 bridgehead atoms. The number of aryl methyl sites for hydroxylation is 1. The lowest BCUT2D eigenvalue weighted by Crippen LogP contribution is -2.40. The first-order chi connectivity index (χ1) is 9.97. The Hall–Kier alpha value is -2.31. The van der Waals surface area contributed by atoms with Crippen LogP contribution in [0.25, 0.3) is 0 Å². The van der Waals surface area contributed by atoms with Gasteiger partial charge in [-0.05, 0) is 18.9 Å². The van der Waals surface area contributed by atoms with Gasteiger partial charge in [-0.3, -0.25) is 14.0 Å². The molecule has 0 aliphatic rings. The minimum atomic E-state index is -0.477. The van der Waals surface area contributed by atoms with Crippen molar-refractivity contribution in [1.29, 1.82) is 0 Å². The van der Waals surface area contributed by atoms with E-state index in [9.17, 15) is 9.59 Å². The Morgan fingerprint density at radius 3 is 2.57 bits per heavy atom. The fourth-order valence-corrected chi connectivity index (χ4v) is 2.38. The Balaban J connectivity index is 2.36. The molecule has 0 saturated heterocycles. The number of rotatable bonds is 5. The lowest BCUT2D eigenvalue weighted by Gasteiger charge is -2.12. The van der Waals surface area contributed by atoms with E-state index >= 15 is 0 Å². The van der Waals surface area contributed by atoms with E-state index in [0.29, 0.717) is 11.7 Å². The first kappa shape index (κ1) is 15.1. The number of aromatic nitrogens is 4. The van der Waals surface area contributed by atoms with Crippen LogP contribution in [-0.4, -0.2) is 18.9 Å². The Bertz CT molecular complexity index is 702. The highest BCUT2D eigenvalue weighted by Gasteiger charge is 2.12. The number of hydrogen-bond donors (Lipinski definition) is 1. The second kappa shape index (κ2) is 5.99. The monoisotopic (exact) mass is 291 g/mol. The standard InChI is InChI=1S/C14H21N5O2/c1-4-11(5-2)19-7-6-10(16-19)8-18-13(20)12(15)9-17(3)14(18)21/h6-7,9,11H,4-5,8,15H2,1-3H3. The quantitative estimate of drug-likeness (QED) is 0.880. The van der Waals surface area contributed by atoms with Crippen LogP contribution < -0.4 is 17.0 Å². The highest BCUT2D eigenvalue weighted by Crippen LogP contribution is 2.14. The van der Waals surface area contributed by atoms with Crippen molar-refractivity contribution in [3.63, 3.8) is 0 Å². The van der Waals surface area contributed by atoms with Crippen molar-refractivity contribution in [2.75, 3.05) is 5.73 Å². The predicted molar refractivity (Wildman–Crippen MR) is 81.3 cm³/mol. The molecule has 0 fully saturated rings. The molecule has 0 aromatic carbocycles. The fourth-order valence-electron chi connectivity index (χ4n) is 2.38. The molecule has 2 N–H and O–H groups in total. The average molecular weight is 291 g/mol. The molecule has 2 aromatic heterocycles. The maximum absolute atomic E-state index is 12.0. The minimum Gasteiger partial charge on any atom is -0.393 e. The lowest BCUT2D eigenvalue weighted by atomic mass is 10.2. The number of anilines is 1. The number of nitrogens with zero attached hydrogens (tertiary/aromatic N) is 4. The SMILES string of the molecule is CCC(CC)n1ccc(Cn2c(=O)c(N)cn(C)c2=O)n1. The van der Waals surface area contributed by atoms with Gasteiger partial charge in [-0.15, -0.1) is 0 Å². The van der Waals surface area contributed by atoms with Crippen molar-refractivity contribution in [3.05, 3.63) is 45.0 Å². The summed E-state index contributed by atoms with van der Waals surface area (Å²) in [5.41, 5.74) is 5.47. The maximum Gasteiger partial charge on any atom is 0.331 e. The van der Waals surface area contributed by atoms with E-state index < -0.39 is 11.2 Å². The van der Waals surface area contributed by atoms with Gasteiger partial charge in [0.25, 0.3) is 5.56 Å². The first-order valence-electron chi connectivity index (χ1n) is 7.07. The molecule has 2 rings (SSSR count). The van der Waals surface area contributed by atoms with Gasteiger partial charge >= 0.3 is 5.69 Å². The fraction of sp³-hybridized carbons (Fsp3) is 0.500. The predicted octanol–water partition coefficient (Wildman–Crippen LogP) is 0.735. The highest BCUT2D eigenvalue weighted by molar-refractivity contribution is 5.31. The molecule has 0 aliphatic heterocycles. The van der Waals surface area contributed by atoms with Crippen LogP contribution >= 0.6 is 0 Å². The number of hydrogen-bond acceptors (Lipinski definition) is 4. The first-order valence-corrected chi connectivity index (χ1v) is 7.07. The summed E-state index contributed by atoms with van der Waals surface area (Å²) >= 11 is 0. The molecule has 2 heterocycles. The van der Waals surface area contributed by atoms with E-state index in [2.05, 4.69) is 18.9 Å². The summed E-state index contributed by atoms with van der Waals surface area (Å²) in [7, 11) is 1.57. The summed E-state index contributed by atoms with van der Waals surface area (Å²) < 4.78 is 4.29. The number of nitrogens with two attached hydrogens (primary N) is 1. The van der Waals surface area contributed by atoms with Gasteiger partial charge in [0, 0.05) is 19.4 Å². The second-order valence-corrected chi connectivity index (χ2v) is 5.13. The average Bonchev–Trinajstić information content (AvgIpc) is 2.91. The molecule has 0 aliphatic carbocycles. The molecule has 0 radical (unpaired) electrons. The zero-order chi connectivity index (χ0) is 15.6. The van der Waals surface area contributed by atoms with E-state index in [-0.39, 0.29) is 12.2 Å². The normalized spacial score (nSPS) is 11.2. The van der Waals surface area contributed by atoms with Crippen molar-refractivity contribution < 1.29 is 0 Å². The minimum absolute atomic E-state index is 0.0523. The summed E-state index contributed by atoms with van der Waals surface area (Å²) in [5, 5.41) is 4.46. The molecule has 0 amide bonds. The Labute approximate surface area is 122 Å². The molecule has 114 valence electrons. The van der Waals surface area contributed by atoms with Gasteiger partial charge in [-0.2, -0.15) is 5.10 Å². The molecule has 21 heavy (non-hydrogen) atoms. The van der Waals surface area contributed by atoms with Gasteiger partial charge in [0.1, 0.15) is 5.69 Å². The van der Waals surface area contributed by atoms with E-state index in [4.69, 9.17) is 5.73 Å². The van der Waals surface area contributed by atoms with Crippen LogP contribution in [0.4, 0.5) is 5.69 Å². The van der Waals surface area contributed by atoms with E-state index in [1.165, 1.54) is 10.8 Å². The van der Waals surface area contributed by atoms with E-state index in [1.807, 2.05) is 16.9 Å². The van der Waals surface area contributed by atoms with Crippen molar-refractivity contribution in [3.8, 4) is 0 Å². The molecule has 0 spiro atoms. The van der Waals surface area contributed by atoms with Crippen LogP contribution in [0.3, 0.4) is 0 Å². The van der Waals surface area contributed by atoms with E-state index in [1.54, 1.807) is 7.05 Å². The molecule has 0 saturated carbocycles. The summed E-state index contributed by atoms with van der Waals surface area (Å²) in [6.45, 7) is 4.34. The summed E-state index contributed by atoms with van der Waals surface area (Å²) in [6.07, 6.45) is 5.19. The highest BCUT2D eigenvalue weighted by atomic mass is 16.2. The molecular formula is C14H21N5O2. The summed E-state index contributed by atoms with van der Waals surface area (Å²) in [6, 6.07) is 2.16. The van der Waals surface area contributed by atoms with Gasteiger partial charge < -0.3 is 10.3 Å². The van der Waals surface area contributed by atoms with Crippen LogP contribution in [0, 0.1) is 0 Å². The largest absolute Gasteiger partial charge is 0.393 e. The van der Waals surface area contributed by atoms with Crippen LogP contribution in [0.2, 0.25) is 0 Å². The topological polar surface area (TPSA) is 87.8 Å². The summed E-state index contributed by atoms with van der Waals surface area (Å²) in [4.78, 5) is 24.0. The van der Waals surface area contributed by atoms with Gasteiger partial charge in [-0.25, -0.2) is 4.79 Å². The van der Waals surface area contributed by atoms with Gasteiger partial charge in [0.2, 0.25) is 0 Å².